The number of halogens is 4. The number of pyridine rings is 1. The van der Waals surface area contributed by atoms with Crippen LogP contribution in [-0.2, 0) is 6.18 Å². The van der Waals surface area contributed by atoms with E-state index in [9.17, 15) is 18.0 Å². The van der Waals surface area contributed by atoms with Crippen molar-refractivity contribution in [3.05, 3.63) is 40.8 Å². The van der Waals surface area contributed by atoms with Crippen molar-refractivity contribution in [1.82, 2.24) is 14.8 Å². The number of carboxylic acid groups (broad SMARTS) is 1. The normalized spacial score (nSPS) is 11.6. The number of aromatic nitrogens is 3. The second-order valence-corrected chi connectivity index (χ2v) is 3.91. The van der Waals surface area contributed by atoms with E-state index in [1.165, 1.54) is 0 Å². The van der Waals surface area contributed by atoms with Crippen LogP contribution in [0.15, 0.2) is 24.5 Å². The van der Waals surface area contributed by atoms with E-state index in [0.717, 1.165) is 23.1 Å². The van der Waals surface area contributed by atoms with Gasteiger partial charge in [-0.3, -0.25) is 0 Å². The fraction of sp³-hybridized carbons (Fsp3) is 0.100. The van der Waals surface area contributed by atoms with Crippen molar-refractivity contribution in [3.63, 3.8) is 0 Å². The van der Waals surface area contributed by atoms with Gasteiger partial charge in [-0.1, -0.05) is 11.6 Å². The molecule has 0 amide bonds. The second-order valence-electron chi connectivity index (χ2n) is 3.47. The average Bonchev–Trinajstić information content (AvgIpc) is 2.73. The number of hydrogen-bond donors (Lipinski definition) is 1. The first kappa shape index (κ1) is 13.3. The van der Waals surface area contributed by atoms with Crippen molar-refractivity contribution in [2.75, 3.05) is 0 Å². The molecule has 2 heterocycles. The lowest BCUT2D eigenvalue weighted by atomic mass is 10.2. The van der Waals surface area contributed by atoms with Crippen LogP contribution < -0.4 is 0 Å². The zero-order chi connectivity index (χ0) is 14.2. The van der Waals surface area contributed by atoms with Gasteiger partial charge in [-0.05, 0) is 12.1 Å². The molecule has 19 heavy (non-hydrogen) atoms. The molecule has 2 aromatic heterocycles. The highest BCUT2D eigenvalue weighted by Crippen LogP contribution is 2.29. The third kappa shape index (κ3) is 2.68. The van der Waals surface area contributed by atoms with Crippen molar-refractivity contribution in [1.29, 1.82) is 0 Å². The van der Waals surface area contributed by atoms with Crippen LogP contribution in [-0.4, -0.2) is 25.8 Å². The van der Waals surface area contributed by atoms with Gasteiger partial charge in [-0.15, -0.1) is 0 Å². The molecule has 0 radical (unpaired) electrons. The number of aromatic carboxylic acids is 1. The minimum atomic E-state index is -4.68. The van der Waals surface area contributed by atoms with Crippen LogP contribution in [0.4, 0.5) is 13.2 Å². The number of rotatable bonds is 2. The summed E-state index contributed by atoms with van der Waals surface area (Å²) in [4.78, 5) is 14.3. The molecule has 9 heteroatoms. The Balaban J connectivity index is 2.64. The van der Waals surface area contributed by atoms with Gasteiger partial charge in [0, 0.05) is 0 Å². The predicted molar refractivity (Wildman–Crippen MR) is 58.3 cm³/mol. The molecule has 100 valence electrons. The van der Waals surface area contributed by atoms with E-state index in [1.807, 2.05) is 0 Å². The Kier molecular flexibility index (Phi) is 3.19. The predicted octanol–water partition coefficient (Wildman–Crippen LogP) is 2.64. The first-order chi connectivity index (χ1) is 8.79. The molecule has 0 bridgehead atoms. The molecule has 0 aliphatic carbocycles. The minimum Gasteiger partial charge on any atom is -0.478 e. The lowest BCUT2D eigenvalue weighted by Crippen LogP contribution is -2.14. The summed E-state index contributed by atoms with van der Waals surface area (Å²) in [5, 5.41) is 12.7. The number of carboxylic acids is 1. The van der Waals surface area contributed by atoms with E-state index in [-0.39, 0.29) is 5.02 Å². The molecule has 0 saturated carbocycles. The van der Waals surface area contributed by atoms with Crippen LogP contribution in [0.5, 0.6) is 0 Å². The van der Waals surface area contributed by atoms with Gasteiger partial charge in [0.15, 0.2) is 5.82 Å². The van der Waals surface area contributed by atoms with Gasteiger partial charge >= 0.3 is 12.1 Å². The molecule has 0 spiro atoms. The summed E-state index contributed by atoms with van der Waals surface area (Å²) < 4.78 is 38.5. The van der Waals surface area contributed by atoms with Crippen LogP contribution in [0.3, 0.4) is 0 Å². The van der Waals surface area contributed by atoms with Gasteiger partial charge in [0.1, 0.15) is 11.3 Å². The molecule has 5 nitrogen and oxygen atoms in total. The monoisotopic (exact) mass is 291 g/mol. The molecule has 2 rings (SSSR count). The van der Waals surface area contributed by atoms with E-state index in [0.29, 0.717) is 6.07 Å². The van der Waals surface area contributed by atoms with Crippen molar-refractivity contribution in [2.24, 2.45) is 0 Å². The van der Waals surface area contributed by atoms with Crippen LogP contribution in [0, 0.1) is 0 Å². The van der Waals surface area contributed by atoms with Gasteiger partial charge in [0.05, 0.1) is 17.4 Å². The van der Waals surface area contributed by atoms with E-state index in [4.69, 9.17) is 16.7 Å². The lowest BCUT2D eigenvalue weighted by molar-refractivity contribution is -0.141. The molecule has 1 N–H and O–H groups in total. The van der Waals surface area contributed by atoms with Crippen LogP contribution >= 0.6 is 11.6 Å². The van der Waals surface area contributed by atoms with E-state index in [1.54, 1.807) is 0 Å². The van der Waals surface area contributed by atoms with Crippen LogP contribution in [0.2, 0.25) is 5.02 Å². The zero-order valence-corrected chi connectivity index (χ0v) is 9.77. The van der Waals surface area contributed by atoms with Gasteiger partial charge in [-0.25, -0.2) is 14.5 Å². The number of alkyl halides is 3. The highest BCUT2D eigenvalue weighted by molar-refractivity contribution is 6.30. The van der Waals surface area contributed by atoms with Crippen molar-refractivity contribution < 1.29 is 23.1 Å². The van der Waals surface area contributed by atoms with E-state index < -0.39 is 29.2 Å². The molecule has 0 fully saturated rings. The number of nitrogens with zero attached hydrogens (tertiary/aromatic N) is 3. The maximum absolute atomic E-state index is 12.6. The standard InChI is InChI=1S/C10H5ClF3N3O2/c11-5-3-15-17(4-5)8-6(9(18)19)1-2-7(16-8)10(12,13)14/h1-4H,(H,18,19). The average molecular weight is 292 g/mol. The summed E-state index contributed by atoms with van der Waals surface area (Å²) >= 11 is 5.59. The largest absolute Gasteiger partial charge is 0.478 e. The van der Waals surface area contributed by atoms with Gasteiger partial charge in [0.25, 0.3) is 0 Å². The Labute approximate surface area is 109 Å². The number of hydrogen-bond acceptors (Lipinski definition) is 3. The first-order valence-electron chi connectivity index (χ1n) is 4.81. The Hall–Kier alpha value is -2.09. The Morgan fingerprint density at radius 2 is 2.05 bits per heavy atom. The maximum Gasteiger partial charge on any atom is 0.433 e. The van der Waals surface area contributed by atoms with Gasteiger partial charge in [-0.2, -0.15) is 18.3 Å². The number of carbonyl (C=O) groups is 1. The summed E-state index contributed by atoms with van der Waals surface area (Å²) in [6.07, 6.45) is -2.35. The lowest BCUT2D eigenvalue weighted by Gasteiger charge is -2.10. The molecule has 0 aliphatic rings. The SMILES string of the molecule is O=C(O)c1ccc(C(F)(F)F)nc1-n1cc(Cl)cn1. The Bertz CT molecular complexity index is 639. The fourth-order valence-corrected chi connectivity index (χ4v) is 1.50. The summed E-state index contributed by atoms with van der Waals surface area (Å²) in [7, 11) is 0. The van der Waals surface area contributed by atoms with Gasteiger partial charge in [0.2, 0.25) is 0 Å². The summed E-state index contributed by atoms with van der Waals surface area (Å²) in [6, 6.07) is 1.42. The topological polar surface area (TPSA) is 68.0 Å². The highest BCUT2D eigenvalue weighted by atomic mass is 35.5. The quantitative estimate of drug-likeness (QED) is 0.923. The van der Waals surface area contributed by atoms with Gasteiger partial charge < -0.3 is 5.11 Å². The molecule has 0 atom stereocenters. The van der Waals surface area contributed by atoms with Crippen LogP contribution in [0.1, 0.15) is 16.1 Å². The third-order valence-corrected chi connectivity index (χ3v) is 2.36. The smallest absolute Gasteiger partial charge is 0.433 e. The van der Waals surface area contributed by atoms with Crippen LogP contribution in [0.25, 0.3) is 5.82 Å². The maximum atomic E-state index is 12.6. The summed E-state index contributed by atoms with van der Waals surface area (Å²) in [6.45, 7) is 0. The first-order valence-corrected chi connectivity index (χ1v) is 5.19. The second kappa shape index (κ2) is 4.54. The summed E-state index contributed by atoms with van der Waals surface area (Å²) in [5.74, 6) is -1.86. The molecule has 0 saturated heterocycles. The molecular weight excluding hydrogens is 287 g/mol. The highest BCUT2D eigenvalue weighted by Gasteiger charge is 2.33. The molecule has 0 aliphatic heterocycles. The zero-order valence-electron chi connectivity index (χ0n) is 9.02. The molecule has 0 aromatic carbocycles. The molecule has 2 aromatic rings. The minimum absolute atomic E-state index is 0.149. The van der Waals surface area contributed by atoms with Crippen molar-refractivity contribution >= 4 is 17.6 Å². The van der Waals surface area contributed by atoms with Crippen molar-refractivity contribution in [3.8, 4) is 5.82 Å². The molecular formula is C10H5ClF3N3O2. The van der Waals surface area contributed by atoms with E-state index >= 15 is 0 Å². The van der Waals surface area contributed by atoms with Crippen molar-refractivity contribution in [2.45, 2.75) is 6.18 Å². The Morgan fingerprint density at radius 1 is 1.37 bits per heavy atom. The fourth-order valence-electron chi connectivity index (χ4n) is 1.36. The Morgan fingerprint density at radius 3 is 2.53 bits per heavy atom. The third-order valence-electron chi connectivity index (χ3n) is 2.16. The molecule has 0 unspecified atom stereocenters. The summed E-state index contributed by atoms with van der Waals surface area (Å²) in [5.41, 5.74) is -1.62. The van der Waals surface area contributed by atoms with E-state index in [2.05, 4.69) is 10.1 Å².